The molecule has 158 valence electrons. The van der Waals surface area contributed by atoms with E-state index >= 15 is 0 Å². The minimum atomic E-state index is -0.263. The number of urea groups is 1. The Kier molecular flexibility index (Phi) is 6.07. The van der Waals surface area contributed by atoms with E-state index in [0.29, 0.717) is 38.3 Å². The third kappa shape index (κ3) is 4.50. The van der Waals surface area contributed by atoms with E-state index in [1.165, 1.54) is 0 Å². The molecule has 2 heterocycles. The summed E-state index contributed by atoms with van der Waals surface area (Å²) < 4.78 is 10.7. The average molecular weight is 409 g/mol. The smallest absolute Gasteiger partial charge is 0.317 e. The zero-order valence-electron chi connectivity index (χ0n) is 17.1. The zero-order valence-corrected chi connectivity index (χ0v) is 17.1. The first-order valence-corrected chi connectivity index (χ1v) is 10.4. The van der Waals surface area contributed by atoms with Gasteiger partial charge in [-0.25, -0.2) is 4.79 Å². The first-order valence-electron chi connectivity index (χ1n) is 10.4. The van der Waals surface area contributed by atoms with E-state index in [0.717, 1.165) is 16.9 Å². The minimum Gasteiger partial charge on any atom is -0.454 e. The number of carbonyl (C=O) groups excluding carboxylic acids is 2. The molecule has 0 bridgehead atoms. The molecule has 3 amide bonds. The number of likely N-dealkylation sites (tertiary alicyclic amines) is 1. The molecule has 0 radical (unpaired) electrons. The van der Waals surface area contributed by atoms with E-state index in [4.69, 9.17) is 9.47 Å². The van der Waals surface area contributed by atoms with Crippen LogP contribution in [0, 0.1) is 5.92 Å². The Morgan fingerprint density at radius 2 is 1.83 bits per heavy atom. The summed E-state index contributed by atoms with van der Waals surface area (Å²) in [7, 11) is 0. The second-order valence-electron chi connectivity index (χ2n) is 7.69. The van der Waals surface area contributed by atoms with Crippen LogP contribution in [0.3, 0.4) is 0 Å². The molecule has 2 atom stereocenters. The fraction of sp³-hybridized carbons (Fsp3) is 0.391. The number of hydrogen-bond acceptors (Lipinski definition) is 4. The van der Waals surface area contributed by atoms with Gasteiger partial charge in [-0.15, -0.1) is 0 Å². The number of ether oxygens (including phenoxy) is 2. The van der Waals surface area contributed by atoms with Crippen molar-refractivity contribution in [3.63, 3.8) is 0 Å². The van der Waals surface area contributed by atoms with Gasteiger partial charge < -0.3 is 25.0 Å². The average Bonchev–Trinajstić information content (AvgIpc) is 3.26. The molecule has 0 saturated carbocycles. The van der Waals surface area contributed by atoms with E-state index in [-0.39, 0.29) is 30.6 Å². The SMILES string of the molecule is CCNC(=O)N1CC(C(=O)NCc2ccc3c(c2)OCO3)CC(c2ccccc2)C1. The lowest BCUT2D eigenvalue weighted by atomic mass is 9.84. The molecule has 2 aliphatic heterocycles. The van der Waals surface area contributed by atoms with Gasteiger partial charge in [0.05, 0.1) is 5.92 Å². The van der Waals surface area contributed by atoms with Crippen molar-refractivity contribution in [2.45, 2.75) is 25.8 Å². The summed E-state index contributed by atoms with van der Waals surface area (Å²) in [5.41, 5.74) is 2.10. The lowest BCUT2D eigenvalue weighted by Crippen LogP contribution is -2.51. The highest BCUT2D eigenvalue weighted by atomic mass is 16.7. The highest BCUT2D eigenvalue weighted by molar-refractivity contribution is 5.81. The largest absolute Gasteiger partial charge is 0.454 e. The molecular weight excluding hydrogens is 382 g/mol. The Bertz CT molecular complexity index is 903. The third-order valence-electron chi connectivity index (χ3n) is 5.61. The standard InChI is InChI=1S/C23H27N3O4/c1-2-24-23(28)26-13-18(17-6-4-3-5-7-17)11-19(14-26)22(27)25-12-16-8-9-20-21(10-16)30-15-29-20/h3-10,18-19H,2,11-15H2,1H3,(H,24,28)(H,25,27). The van der Waals surface area contributed by atoms with Crippen LogP contribution in [0.4, 0.5) is 4.79 Å². The van der Waals surface area contributed by atoms with Crippen LogP contribution in [0.15, 0.2) is 48.5 Å². The predicted octanol–water partition coefficient (Wildman–Crippen LogP) is 2.87. The molecule has 7 heteroatoms. The van der Waals surface area contributed by atoms with Crippen LogP contribution in [0.1, 0.15) is 30.4 Å². The monoisotopic (exact) mass is 409 g/mol. The fourth-order valence-electron chi connectivity index (χ4n) is 4.07. The minimum absolute atomic E-state index is 0.0393. The van der Waals surface area contributed by atoms with Gasteiger partial charge in [0.1, 0.15) is 0 Å². The van der Waals surface area contributed by atoms with Crippen LogP contribution in [-0.4, -0.2) is 43.3 Å². The summed E-state index contributed by atoms with van der Waals surface area (Å²) in [5.74, 6) is 1.25. The number of nitrogens with one attached hydrogen (secondary N) is 2. The Balaban J connectivity index is 1.43. The van der Waals surface area contributed by atoms with E-state index in [2.05, 4.69) is 22.8 Å². The second kappa shape index (κ2) is 9.07. The molecule has 0 spiro atoms. The lowest BCUT2D eigenvalue weighted by molar-refractivity contribution is -0.126. The normalized spacial score (nSPS) is 20.0. The van der Waals surface area contributed by atoms with Gasteiger partial charge in [-0.05, 0) is 36.6 Å². The molecule has 0 aromatic heterocycles. The molecule has 2 N–H and O–H groups in total. The van der Waals surface area contributed by atoms with Crippen molar-refractivity contribution in [3.05, 3.63) is 59.7 Å². The molecule has 1 saturated heterocycles. The van der Waals surface area contributed by atoms with Crippen LogP contribution in [0.2, 0.25) is 0 Å². The first kappa shape index (κ1) is 20.1. The molecule has 30 heavy (non-hydrogen) atoms. The third-order valence-corrected chi connectivity index (χ3v) is 5.61. The van der Waals surface area contributed by atoms with Gasteiger partial charge in [0.2, 0.25) is 12.7 Å². The quantitative estimate of drug-likeness (QED) is 0.796. The molecule has 2 aromatic carbocycles. The van der Waals surface area contributed by atoms with Crippen molar-refractivity contribution in [3.8, 4) is 11.5 Å². The van der Waals surface area contributed by atoms with Gasteiger partial charge in [0.15, 0.2) is 11.5 Å². The van der Waals surface area contributed by atoms with Gasteiger partial charge in [-0.1, -0.05) is 36.4 Å². The first-order chi connectivity index (χ1) is 14.6. The summed E-state index contributed by atoms with van der Waals surface area (Å²) in [5, 5.41) is 5.89. The number of hydrogen-bond donors (Lipinski definition) is 2. The van der Waals surface area contributed by atoms with Crippen LogP contribution in [-0.2, 0) is 11.3 Å². The van der Waals surface area contributed by atoms with E-state index in [1.54, 1.807) is 4.90 Å². The topological polar surface area (TPSA) is 79.9 Å². The summed E-state index contributed by atoms with van der Waals surface area (Å²) >= 11 is 0. The Morgan fingerprint density at radius 3 is 2.63 bits per heavy atom. The summed E-state index contributed by atoms with van der Waals surface area (Å²) in [4.78, 5) is 27.2. The van der Waals surface area contributed by atoms with Crippen molar-refractivity contribution in [1.29, 1.82) is 0 Å². The van der Waals surface area contributed by atoms with Gasteiger partial charge in [-0.3, -0.25) is 4.79 Å². The van der Waals surface area contributed by atoms with Crippen molar-refractivity contribution >= 4 is 11.9 Å². The molecule has 1 fully saturated rings. The number of rotatable bonds is 5. The molecule has 7 nitrogen and oxygen atoms in total. The number of piperidine rings is 1. The summed E-state index contributed by atoms with van der Waals surface area (Å²) in [6, 6.07) is 15.6. The fourth-order valence-corrected chi connectivity index (χ4v) is 4.07. The van der Waals surface area contributed by atoms with Crippen molar-refractivity contribution in [2.24, 2.45) is 5.92 Å². The van der Waals surface area contributed by atoms with Crippen LogP contribution in [0.5, 0.6) is 11.5 Å². The molecule has 2 aromatic rings. The molecule has 4 rings (SSSR count). The van der Waals surface area contributed by atoms with E-state index < -0.39 is 0 Å². The lowest BCUT2D eigenvalue weighted by Gasteiger charge is -2.37. The number of amides is 3. The Labute approximate surface area is 176 Å². The molecule has 2 aliphatic rings. The molecule has 0 aliphatic carbocycles. The number of benzene rings is 2. The van der Waals surface area contributed by atoms with Gasteiger partial charge >= 0.3 is 6.03 Å². The highest BCUT2D eigenvalue weighted by Gasteiger charge is 2.34. The predicted molar refractivity (Wildman–Crippen MR) is 112 cm³/mol. The van der Waals surface area contributed by atoms with Crippen LogP contribution >= 0.6 is 0 Å². The van der Waals surface area contributed by atoms with Crippen LogP contribution in [0.25, 0.3) is 0 Å². The Hall–Kier alpha value is -3.22. The summed E-state index contributed by atoms with van der Waals surface area (Å²) in [6.45, 7) is 4.12. The van der Waals surface area contributed by atoms with Gasteiger partial charge in [0, 0.05) is 32.1 Å². The number of nitrogens with zero attached hydrogens (tertiary/aromatic N) is 1. The van der Waals surface area contributed by atoms with Crippen molar-refractivity contribution < 1.29 is 19.1 Å². The summed E-state index contributed by atoms with van der Waals surface area (Å²) in [6.07, 6.45) is 0.715. The van der Waals surface area contributed by atoms with Gasteiger partial charge in [-0.2, -0.15) is 0 Å². The van der Waals surface area contributed by atoms with E-state index in [9.17, 15) is 9.59 Å². The maximum Gasteiger partial charge on any atom is 0.317 e. The highest BCUT2D eigenvalue weighted by Crippen LogP contribution is 2.33. The second-order valence-corrected chi connectivity index (χ2v) is 7.69. The molecular formula is C23H27N3O4. The van der Waals surface area contributed by atoms with Crippen molar-refractivity contribution in [2.75, 3.05) is 26.4 Å². The van der Waals surface area contributed by atoms with Gasteiger partial charge in [0.25, 0.3) is 0 Å². The van der Waals surface area contributed by atoms with Crippen molar-refractivity contribution in [1.82, 2.24) is 15.5 Å². The van der Waals surface area contributed by atoms with E-state index in [1.807, 2.05) is 43.3 Å². The maximum atomic E-state index is 13.0. The zero-order chi connectivity index (χ0) is 20.9. The molecule has 2 unspecified atom stereocenters. The number of carbonyl (C=O) groups is 2. The maximum absolute atomic E-state index is 13.0. The number of fused-ring (bicyclic) bond motifs is 1. The Morgan fingerprint density at radius 1 is 1.03 bits per heavy atom. The van der Waals surface area contributed by atoms with Crippen LogP contribution < -0.4 is 20.1 Å².